The topological polar surface area (TPSA) is 53.6 Å². The van der Waals surface area contributed by atoms with Crippen LogP contribution >= 0.6 is 0 Å². The monoisotopic (exact) mass is 204 g/mol. The van der Waals surface area contributed by atoms with E-state index in [0.29, 0.717) is 6.04 Å². The van der Waals surface area contributed by atoms with Crippen molar-refractivity contribution in [2.24, 2.45) is 0 Å². The van der Waals surface area contributed by atoms with Gasteiger partial charge in [-0.05, 0) is 25.6 Å². The molecule has 0 aliphatic heterocycles. The average molecular weight is 204 g/mol. The molecule has 0 saturated carbocycles. The Kier molecular flexibility index (Phi) is 2.97. The van der Waals surface area contributed by atoms with Gasteiger partial charge >= 0.3 is 0 Å². The standard InChI is InChI=1S/C11H16N4/c1-3-12-8(2)7-10-14-9-5-4-6-13-11(9)15-10/h4-6,8,12H,3,7H2,1-2H3,(H,13,14,15). The summed E-state index contributed by atoms with van der Waals surface area (Å²) < 4.78 is 0. The molecule has 2 aromatic heterocycles. The second kappa shape index (κ2) is 4.40. The molecule has 0 amide bonds. The molecule has 2 aromatic rings. The molecule has 0 fully saturated rings. The number of fused-ring (bicyclic) bond motifs is 1. The molecule has 2 heterocycles. The molecule has 0 aliphatic rings. The highest BCUT2D eigenvalue weighted by molar-refractivity contribution is 5.69. The number of hydrogen-bond acceptors (Lipinski definition) is 3. The number of rotatable bonds is 4. The first kappa shape index (κ1) is 10.1. The minimum atomic E-state index is 0.440. The van der Waals surface area contributed by atoms with Crippen molar-refractivity contribution in [2.45, 2.75) is 26.3 Å². The summed E-state index contributed by atoms with van der Waals surface area (Å²) in [7, 11) is 0. The molecule has 1 unspecified atom stereocenters. The molecule has 4 heteroatoms. The van der Waals surface area contributed by atoms with Crippen molar-refractivity contribution >= 4 is 11.2 Å². The van der Waals surface area contributed by atoms with Crippen LogP contribution in [0, 0.1) is 0 Å². The van der Waals surface area contributed by atoms with Crippen molar-refractivity contribution in [3.8, 4) is 0 Å². The van der Waals surface area contributed by atoms with Crippen LogP contribution in [0.25, 0.3) is 11.2 Å². The van der Waals surface area contributed by atoms with Crippen LogP contribution in [0.4, 0.5) is 0 Å². The normalized spacial score (nSPS) is 13.2. The second-order valence-corrected chi connectivity index (χ2v) is 3.72. The largest absolute Gasteiger partial charge is 0.341 e. The van der Waals surface area contributed by atoms with E-state index in [1.807, 2.05) is 12.1 Å². The molecule has 0 aromatic carbocycles. The number of hydrogen-bond donors (Lipinski definition) is 2. The molecular weight excluding hydrogens is 188 g/mol. The molecule has 0 aliphatic carbocycles. The van der Waals surface area contributed by atoms with Gasteiger partial charge < -0.3 is 10.3 Å². The zero-order valence-electron chi connectivity index (χ0n) is 9.12. The lowest BCUT2D eigenvalue weighted by molar-refractivity contribution is 0.555. The Morgan fingerprint density at radius 3 is 3.13 bits per heavy atom. The third kappa shape index (κ3) is 2.33. The lowest BCUT2D eigenvalue weighted by Crippen LogP contribution is -2.27. The van der Waals surface area contributed by atoms with Gasteiger partial charge in [-0.25, -0.2) is 9.97 Å². The molecule has 0 spiro atoms. The van der Waals surface area contributed by atoms with Gasteiger partial charge in [0.1, 0.15) is 5.82 Å². The van der Waals surface area contributed by atoms with Gasteiger partial charge in [0.25, 0.3) is 0 Å². The van der Waals surface area contributed by atoms with Crippen LogP contribution in [-0.4, -0.2) is 27.5 Å². The molecule has 0 radical (unpaired) electrons. The highest BCUT2D eigenvalue weighted by atomic mass is 15.0. The second-order valence-electron chi connectivity index (χ2n) is 3.72. The third-order valence-electron chi connectivity index (χ3n) is 2.36. The Labute approximate surface area is 89.1 Å². The maximum absolute atomic E-state index is 4.43. The van der Waals surface area contributed by atoms with Gasteiger partial charge in [-0.1, -0.05) is 6.92 Å². The zero-order chi connectivity index (χ0) is 10.7. The van der Waals surface area contributed by atoms with E-state index in [4.69, 9.17) is 0 Å². The number of aromatic amines is 1. The van der Waals surface area contributed by atoms with Crippen molar-refractivity contribution in [2.75, 3.05) is 6.54 Å². The summed E-state index contributed by atoms with van der Waals surface area (Å²) in [5.41, 5.74) is 1.81. The van der Waals surface area contributed by atoms with E-state index in [-0.39, 0.29) is 0 Å². The van der Waals surface area contributed by atoms with Gasteiger partial charge in [-0.3, -0.25) is 0 Å². The van der Waals surface area contributed by atoms with Crippen molar-refractivity contribution < 1.29 is 0 Å². The van der Waals surface area contributed by atoms with Crippen LogP contribution in [0.2, 0.25) is 0 Å². The van der Waals surface area contributed by atoms with Gasteiger partial charge in [0.05, 0.1) is 5.52 Å². The first-order chi connectivity index (χ1) is 7.29. The van der Waals surface area contributed by atoms with Crippen LogP contribution in [0.3, 0.4) is 0 Å². The maximum atomic E-state index is 4.43. The van der Waals surface area contributed by atoms with E-state index in [0.717, 1.165) is 30.0 Å². The molecule has 2 N–H and O–H groups in total. The Hall–Kier alpha value is -1.42. The number of imidazole rings is 1. The molecular formula is C11H16N4. The number of H-pyrrole nitrogens is 1. The summed E-state index contributed by atoms with van der Waals surface area (Å²) >= 11 is 0. The molecule has 1 atom stereocenters. The molecule has 0 saturated heterocycles. The van der Waals surface area contributed by atoms with Gasteiger partial charge in [0.2, 0.25) is 0 Å². The Morgan fingerprint density at radius 1 is 1.53 bits per heavy atom. The number of pyridine rings is 1. The van der Waals surface area contributed by atoms with E-state index in [9.17, 15) is 0 Å². The first-order valence-electron chi connectivity index (χ1n) is 5.32. The number of nitrogens with one attached hydrogen (secondary N) is 2. The fourth-order valence-electron chi connectivity index (χ4n) is 1.70. The van der Waals surface area contributed by atoms with Gasteiger partial charge in [0, 0.05) is 18.7 Å². The third-order valence-corrected chi connectivity index (χ3v) is 2.36. The van der Waals surface area contributed by atoms with Crippen molar-refractivity contribution in [1.82, 2.24) is 20.3 Å². The molecule has 0 bridgehead atoms. The van der Waals surface area contributed by atoms with Gasteiger partial charge in [-0.15, -0.1) is 0 Å². The Bertz CT molecular complexity index is 402. The van der Waals surface area contributed by atoms with E-state index >= 15 is 0 Å². The summed E-state index contributed by atoms with van der Waals surface area (Å²) in [4.78, 5) is 11.9. The van der Waals surface area contributed by atoms with E-state index in [1.54, 1.807) is 6.20 Å². The minimum absolute atomic E-state index is 0.440. The van der Waals surface area contributed by atoms with Crippen LogP contribution < -0.4 is 5.32 Å². The zero-order valence-corrected chi connectivity index (χ0v) is 9.12. The van der Waals surface area contributed by atoms with Gasteiger partial charge in [0.15, 0.2) is 5.65 Å². The predicted molar refractivity (Wildman–Crippen MR) is 60.7 cm³/mol. The molecule has 15 heavy (non-hydrogen) atoms. The van der Waals surface area contributed by atoms with E-state index < -0.39 is 0 Å². The quantitative estimate of drug-likeness (QED) is 0.793. The average Bonchev–Trinajstić information content (AvgIpc) is 2.59. The summed E-state index contributed by atoms with van der Waals surface area (Å²) in [6.45, 7) is 5.25. The number of likely N-dealkylation sites (N-methyl/N-ethyl adjacent to an activating group) is 1. The predicted octanol–water partition coefficient (Wildman–Crippen LogP) is 1.50. The van der Waals surface area contributed by atoms with E-state index in [2.05, 4.69) is 34.1 Å². The van der Waals surface area contributed by atoms with Crippen LogP contribution in [0.1, 0.15) is 19.7 Å². The smallest absolute Gasteiger partial charge is 0.177 e. The summed E-state index contributed by atoms with van der Waals surface area (Å²) in [6.07, 6.45) is 2.67. The summed E-state index contributed by atoms with van der Waals surface area (Å²) in [5.74, 6) is 0.997. The van der Waals surface area contributed by atoms with Crippen LogP contribution in [0.15, 0.2) is 18.3 Å². The fourth-order valence-corrected chi connectivity index (χ4v) is 1.70. The molecule has 80 valence electrons. The summed E-state index contributed by atoms with van der Waals surface area (Å²) in [6, 6.07) is 4.35. The lowest BCUT2D eigenvalue weighted by Gasteiger charge is -2.09. The molecule has 2 rings (SSSR count). The van der Waals surface area contributed by atoms with Crippen molar-refractivity contribution in [3.05, 3.63) is 24.2 Å². The molecule has 4 nitrogen and oxygen atoms in total. The van der Waals surface area contributed by atoms with Crippen LogP contribution in [-0.2, 0) is 6.42 Å². The minimum Gasteiger partial charge on any atom is -0.341 e. The highest BCUT2D eigenvalue weighted by Crippen LogP contribution is 2.08. The Morgan fingerprint density at radius 2 is 2.40 bits per heavy atom. The van der Waals surface area contributed by atoms with Crippen LogP contribution in [0.5, 0.6) is 0 Å². The summed E-state index contributed by atoms with van der Waals surface area (Å²) in [5, 5.41) is 3.36. The van der Waals surface area contributed by atoms with Gasteiger partial charge in [-0.2, -0.15) is 0 Å². The maximum Gasteiger partial charge on any atom is 0.177 e. The fraction of sp³-hybridized carbons (Fsp3) is 0.455. The van der Waals surface area contributed by atoms with Crippen molar-refractivity contribution in [3.63, 3.8) is 0 Å². The SMILES string of the molecule is CCNC(C)Cc1nc2ncccc2[nH]1. The Balaban J connectivity index is 2.15. The van der Waals surface area contributed by atoms with E-state index in [1.165, 1.54) is 0 Å². The number of nitrogens with zero attached hydrogens (tertiary/aromatic N) is 2. The lowest BCUT2D eigenvalue weighted by atomic mass is 10.2. The number of aromatic nitrogens is 3. The first-order valence-corrected chi connectivity index (χ1v) is 5.32. The van der Waals surface area contributed by atoms with Crippen molar-refractivity contribution in [1.29, 1.82) is 0 Å². The highest BCUT2D eigenvalue weighted by Gasteiger charge is 2.06.